The largest absolute Gasteiger partial charge is 0.609 e. The van der Waals surface area contributed by atoms with Crippen molar-refractivity contribution in [3.05, 3.63) is 12.3 Å². The summed E-state index contributed by atoms with van der Waals surface area (Å²) in [6.07, 6.45) is 3.04. The molecule has 88 valence electrons. The van der Waals surface area contributed by atoms with E-state index >= 15 is 0 Å². The molecule has 1 atom stereocenters. The molecule has 3 N–H and O–H groups in total. The molecule has 1 heterocycles. The van der Waals surface area contributed by atoms with Crippen molar-refractivity contribution in [2.75, 3.05) is 11.6 Å². The Morgan fingerprint density at radius 2 is 2.31 bits per heavy atom. The van der Waals surface area contributed by atoms with Crippen molar-refractivity contribution >= 4 is 23.0 Å². The van der Waals surface area contributed by atoms with Crippen LogP contribution in [0.2, 0.25) is 0 Å². The van der Waals surface area contributed by atoms with Crippen molar-refractivity contribution in [2.24, 2.45) is 10.7 Å². The first-order valence-corrected chi connectivity index (χ1v) is 6.31. The van der Waals surface area contributed by atoms with Gasteiger partial charge in [0.05, 0.1) is 0 Å². The lowest BCUT2D eigenvalue weighted by atomic mass is 10.4. The van der Waals surface area contributed by atoms with Gasteiger partial charge in [0.2, 0.25) is 0 Å². The van der Waals surface area contributed by atoms with Crippen LogP contribution >= 0.6 is 0 Å². The monoisotopic (exact) mass is 241 g/mol. The Balaban J connectivity index is 2.78. The molecule has 0 aromatic carbocycles. The van der Waals surface area contributed by atoms with E-state index in [4.69, 9.17) is 5.73 Å². The van der Waals surface area contributed by atoms with E-state index in [1.54, 1.807) is 6.07 Å². The number of anilines is 1. The minimum absolute atomic E-state index is 0.106. The molecule has 0 radical (unpaired) electrons. The highest BCUT2D eigenvalue weighted by Gasteiger charge is 2.09. The van der Waals surface area contributed by atoms with E-state index in [2.05, 4.69) is 20.3 Å². The number of nitrogens with two attached hydrogens (primary N) is 1. The van der Waals surface area contributed by atoms with E-state index < -0.39 is 11.2 Å². The molecule has 1 unspecified atom stereocenters. The summed E-state index contributed by atoms with van der Waals surface area (Å²) in [6, 6.07) is 1.74. The summed E-state index contributed by atoms with van der Waals surface area (Å²) in [6.45, 7) is 3.84. The lowest BCUT2D eigenvalue weighted by Crippen LogP contribution is -2.25. The van der Waals surface area contributed by atoms with E-state index in [0.717, 1.165) is 0 Å². The maximum absolute atomic E-state index is 11.2. The van der Waals surface area contributed by atoms with Crippen LogP contribution in [-0.4, -0.2) is 32.8 Å². The Morgan fingerprint density at radius 3 is 2.88 bits per heavy atom. The molecule has 0 saturated heterocycles. The summed E-state index contributed by atoms with van der Waals surface area (Å²) in [5, 5.41) is 3.08. The Kier molecular flexibility index (Phi) is 4.51. The highest BCUT2D eigenvalue weighted by Crippen LogP contribution is 2.06. The molecule has 1 aromatic heterocycles. The molecule has 0 bridgehead atoms. The number of aliphatic imine (C=N–C) groups is 1. The number of hydrogen-bond donors (Lipinski definition) is 2. The Labute approximate surface area is 97.6 Å². The van der Waals surface area contributed by atoms with Gasteiger partial charge in [0.15, 0.2) is 5.96 Å². The van der Waals surface area contributed by atoms with Crippen molar-refractivity contribution in [1.29, 1.82) is 0 Å². The average molecular weight is 241 g/mol. The number of nitrogens with one attached hydrogen (secondary N) is 1. The molecule has 0 aliphatic carbocycles. The molecule has 0 aliphatic heterocycles. The molecule has 0 fully saturated rings. The molecule has 0 spiro atoms. The van der Waals surface area contributed by atoms with Gasteiger partial charge in [0.25, 0.3) is 0 Å². The van der Waals surface area contributed by atoms with Crippen molar-refractivity contribution in [2.45, 2.75) is 25.0 Å². The second-order valence-corrected chi connectivity index (χ2v) is 4.69. The Hall–Kier alpha value is -1.34. The standard InChI is InChI=1S/C9H15N5OS/c1-6(2)12-8(10)13-7-4-5-11-9(14-7)16(3)15/h4-6H,1-3H3,(H3,10,11,12,13,14). The van der Waals surface area contributed by atoms with Crippen molar-refractivity contribution in [3.63, 3.8) is 0 Å². The fourth-order valence-electron chi connectivity index (χ4n) is 0.991. The fourth-order valence-corrected chi connectivity index (χ4v) is 1.43. The van der Waals surface area contributed by atoms with Gasteiger partial charge in [0.1, 0.15) is 12.1 Å². The third-order valence-corrected chi connectivity index (χ3v) is 2.25. The lowest BCUT2D eigenvalue weighted by Gasteiger charge is -2.07. The molecule has 7 heteroatoms. The first kappa shape index (κ1) is 12.7. The zero-order valence-corrected chi connectivity index (χ0v) is 10.3. The van der Waals surface area contributed by atoms with E-state index in [1.165, 1.54) is 12.5 Å². The predicted octanol–water partition coefficient (Wildman–Crippen LogP) is 0.349. The summed E-state index contributed by atoms with van der Waals surface area (Å²) < 4.78 is 11.2. The molecule has 1 aromatic rings. The summed E-state index contributed by atoms with van der Waals surface area (Å²) >= 11 is -1.21. The fraction of sp³-hybridized carbons (Fsp3) is 0.444. The molecule has 0 aliphatic rings. The highest BCUT2D eigenvalue weighted by molar-refractivity contribution is 7.90. The Morgan fingerprint density at radius 1 is 1.62 bits per heavy atom. The number of hydrogen-bond acceptors (Lipinski definition) is 4. The number of nitrogens with zero attached hydrogens (tertiary/aromatic N) is 3. The second kappa shape index (κ2) is 5.66. The molecule has 0 saturated carbocycles. The highest BCUT2D eigenvalue weighted by atomic mass is 32.2. The number of guanidine groups is 1. The van der Waals surface area contributed by atoms with Crippen molar-refractivity contribution < 1.29 is 4.55 Å². The van der Waals surface area contributed by atoms with E-state index in [-0.39, 0.29) is 17.2 Å². The lowest BCUT2D eigenvalue weighted by molar-refractivity contribution is 0.592. The third kappa shape index (κ3) is 4.03. The predicted molar refractivity (Wildman–Crippen MR) is 64.7 cm³/mol. The topological polar surface area (TPSA) is 99.2 Å². The summed E-state index contributed by atoms with van der Waals surface area (Å²) in [4.78, 5) is 12.0. The molecular formula is C9H15N5OS. The van der Waals surface area contributed by atoms with Gasteiger partial charge in [-0.3, -0.25) is 4.99 Å². The van der Waals surface area contributed by atoms with Gasteiger partial charge in [-0.25, -0.2) is 0 Å². The smallest absolute Gasteiger partial charge is 0.344 e. The van der Waals surface area contributed by atoms with Crippen LogP contribution in [0.1, 0.15) is 13.8 Å². The second-order valence-electron chi connectivity index (χ2n) is 3.41. The van der Waals surface area contributed by atoms with Crippen LogP contribution in [0.15, 0.2) is 22.4 Å². The van der Waals surface area contributed by atoms with Gasteiger partial charge in [-0.05, 0) is 19.9 Å². The average Bonchev–Trinajstić information content (AvgIpc) is 2.16. The van der Waals surface area contributed by atoms with Crippen LogP contribution in [0.3, 0.4) is 0 Å². The Bertz CT molecular complexity index is 380. The zero-order valence-electron chi connectivity index (χ0n) is 9.47. The molecule has 6 nitrogen and oxygen atoms in total. The maximum atomic E-state index is 11.2. The van der Waals surface area contributed by atoms with Gasteiger partial charge >= 0.3 is 5.16 Å². The molecular weight excluding hydrogens is 226 g/mol. The van der Waals surface area contributed by atoms with Crippen LogP contribution in [0, 0.1) is 0 Å². The zero-order chi connectivity index (χ0) is 12.1. The number of aromatic nitrogens is 2. The minimum Gasteiger partial charge on any atom is -0.609 e. The van der Waals surface area contributed by atoms with Gasteiger partial charge in [-0.2, -0.15) is 9.97 Å². The summed E-state index contributed by atoms with van der Waals surface area (Å²) in [5.74, 6) is 0.767. The first-order valence-electron chi connectivity index (χ1n) is 4.76. The quantitative estimate of drug-likeness (QED) is 0.344. The first-order chi connectivity index (χ1) is 7.49. The number of rotatable bonds is 3. The summed E-state index contributed by atoms with van der Waals surface area (Å²) in [5.41, 5.74) is 5.64. The van der Waals surface area contributed by atoms with Crippen LogP contribution in [0.25, 0.3) is 0 Å². The third-order valence-electron chi connectivity index (χ3n) is 1.54. The van der Waals surface area contributed by atoms with Crippen LogP contribution < -0.4 is 11.1 Å². The van der Waals surface area contributed by atoms with Crippen LogP contribution in [0.4, 0.5) is 5.82 Å². The van der Waals surface area contributed by atoms with Gasteiger partial charge in [-0.15, -0.1) is 0 Å². The molecule has 1 rings (SSSR count). The van der Waals surface area contributed by atoms with E-state index in [0.29, 0.717) is 5.82 Å². The maximum Gasteiger partial charge on any atom is 0.344 e. The van der Waals surface area contributed by atoms with Gasteiger partial charge < -0.3 is 15.6 Å². The summed E-state index contributed by atoms with van der Waals surface area (Å²) in [7, 11) is 0. The van der Waals surface area contributed by atoms with Crippen LogP contribution in [-0.2, 0) is 11.2 Å². The van der Waals surface area contributed by atoms with E-state index in [9.17, 15) is 4.55 Å². The molecule has 16 heavy (non-hydrogen) atoms. The van der Waals surface area contributed by atoms with Gasteiger partial charge in [0, 0.05) is 23.4 Å². The van der Waals surface area contributed by atoms with Crippen molar-refractivity contribution in [3.8, 4) is 0 Å². The SMILES string of the molecule is CC(C)/N=C(/N)Nc1ccnc([S+](C)[O-])n1. The van der Waals surface area contributed by atoms with Gasteiger partial charge in [-0.1, -0.05) is 0 Å². The van der Waals surface area contributed by atoms with Crippen molar-refractivity contribution in [1.82, 2.24) is 9.97 Å². The minimum atomic E-state index is -1.21. The normalized spacial score (nSPS) is 13.9. The van der Waals surface area contributed by atoms with Crippen LogP contribution in [0.5, 0.6) is 0 Å². The molecule has 0 amide bonds. The van der Waals surface area contributed by atoms with E-state index in [1.807, 2.05) is 13.8 Å².